The van der Waals surface area contributed by atoms with Gasteiger partial charge in [-0.2, -0.15) is 0 Å². The van der Waals surface area contributed by atoms with Crippen LogP contribution in [-0.2, 0) is 16.0 Å². The van der Waals surface area contributed by atoms with Crippen molar-refractivity contribution in [1.82, 2.24) is 0 Å². The van der Waals surface area contributed by atoms with Gasteiger partial charge in [0, 0.05) is 6.42 Å². The number of benzene rings is 1. The topological polar surface area (TPSA) is 26.3 Å². The van der Waals surface area contributed by atoms with Gasteiger partial charge in [-0.1, -0.05) is 30.3 Å². The van der Waals surface area contributed by atoms with Gasteiger partial charge < -0.3 is 4.74 Å². The molecule has 2 nitrogen and oxygen atoms in total. The van der Waals surface area contributed by atoms with Crippen molar-refractivity contribution < 1.29 is 13.9 Å². The molecule has 1 aromatic rings. The van der Waals surface area contributed by atoms with E-state index < -0.39 is 11.6 Å². The predicted molar refractivity (Wildman–Crippen MR) is 49.6 cm³/mol. The minimum absolute atomic E-state index is 0.110. The molecule has 0 unspecified atom stereocenters. The monoisotopic (exact) mass is 194 g/mol. The van der Waals surface area contributed by atoms with Gasteiger partial charge in [0.2, 0.25) is 0 Å². The summed E-state index contributed by atoms with van der Waals surface area (Å²) in [6.07, 6.45) is 0.126. The number of esters is 1. The Bertz CT molecular complexity index is 336. The zero-order valence-electron chi connectivity index (χ0n) is 7.70. The molecule has 0 spiro atoms. The van der Waals surface area contributed by atoms with E-state index in [1.807, 2.05) is 30.3 Å². The van der Waals surface area contributed by atoms with E-state index >= 15 is 0 Å². The number of hydrogen-bond donors (Lipinski definition) is 0. The summed E-state index contributed by atoms with van der Waals surface area (Å²) in [6, 6.07) is 9.30. The van der Waals surface area contributed by atoms with Crippen molar-refractivity contribution in [1.29, 1.82) is 0 Å². The molecule has 14 heavy (non-hydrogen) atoms. The third-order valence-electron chi connectivity index (χ3n) is 2.32. The molecular weight excluding hydrogens is 183 g/mol. The molecule has 3 heteroatoms. The van der Waals surface area contributed by atoms with Crippen LogP contribution in [0.4, 0.5) is 4.39 Å². The molecule has 1 aliphatic heterocycles. The summed E-state index contributed by atoms with van der Waals surface area (Å²) in [5, 5.41) is 0. The Labute approximate surface area is 81.7 Å². The Hall–Kier alpha value is -1.38. The summed E-state index contributed by atoms with van der Waals surface area (Å²) in [5.74, 6) is -0.441. The van der Waals surface area contributed by atoms with Crippen molar-refractivity contribution in [3.05, 3.63) is 35.9 Å². The van der Waals surface area contributed by atoms with Crippen LogP contribution in [0.15, 0.2) is 30.3 Å². The molecule has 1 aromatic carbocycles. The molecule has 74 valence electrons. The van der Waals surface area contributed by atoms with Crippen molar-refractivity contribution in [3.8, 4) is 0 Å². The van der Waals surface area contributed by atoms with Gasteiger partial charge in [-0.3, -0.25) is 4.79 Å². The average Bonchev–Trinajstić information content (AvgIpc) is 2.47. The first-order valence-corrected chi connectivity index (χ1v) is 4.56. The average molecular weight is 194 g/mol. The number of hydrogen-bond acceptors (Lipinski definition) is 2. The number of alkyl halides is 1. The summed E-state index contributed by atoms with van der Waals surface area (Å²) in [6.45, 7) is -0.110. The van der Waals surface area contributed by atoms with Crippen LogP contribution in [-0.4, -0.2) is 18.2 Å². The van der Waals surface area contributed by atoms with Crippen LogP contribution in [0.25, 0.3) is 0 Å². The minimum atomic E-state index is -1.50. The fourth-order valence-electron chi connectivity index (χ4n) is 1.65. The standard InChI is InChI=1S/C11H11FO2/c12-11(7-10(13)14-8-11)6-9-4-2-1-3-5-9/h1-5H,6-8H2/t11-/m1/s1. The van der Waals surface area contributed by atoms with E-state index in [0.29, 0.717) is 0 Å². The first kappa shape index (κ1) is 9.19. The Kier molecular flexibility index (Phi) is 2.23. The lowest BCUT2D eigenvalue weighted by atomic mass is 9.96. The maximum Gasteiger partial charge on any atom is 0.309 e. The molecule has 2 rings (SSSR count). The van der Waals surface area contributed by atoms with Crippen LogP contribution in [0.5, 0.6) is 0 Å². The van der Waals surface area contributed by atoms with E-state index in [1.54, 1.807) is 0 Å². The highest BCUT2D eigenvalue weighted by Gasteiger charge is 2.40. The molecule has 0 aliphatic carbocycles. The number of halogens is 1. The predicted octanol–water partition coefficient (Wildman–Crippen LogP) is 1.88. The lowest BCUT2D eigenvalue weighted by Gasteiger charge is -2.14. The van der Waals surface area contributed by atoms with E-state index in [-0.39, 0.29) is 19.4 Å². The Balaban J connectivity index is 2.08. The fraction of sp³-hybridized carbons (Fsp3) is 0.364. The number of carbonyl (C=O) groups is 1. The largest absolute Gasteiger partial charge is 0.462 e. The maximum atomic E-state index is 13.9. The lowest BCUT2D eigenvalue weighted by molar-refractivity contribution is -0.137. The van der Waals surface area contributed by atoms with Crippen LogP contribution in [0.2, 0.25) is 0 Å². The van der Waals surface area contributed by atoms with Crippen molar-refractivity contribution >= 4 is 5.97 Å². The maximum absolute atomic E-state index is 13.9. The molecule has 0 bridgehead atoms. The van der Waals surface area contributed by atoms with Crippen LogP contribution in [0, 0.1) is 0 Å². The quantitative estimate of drug-likeness (QED) is 0.672. The number of carbonyl (C=O) groups excluding carboxylic acids is 1. The van der Waals surface area contributed by atoms with Gasteiger partial charge in [0.15, 0.2) is 5.67 Å². The Morgan fingerprint density at radius 1 is 1.36 bits per heavy atom. The molecule has 0 aromatic heterocycles. The van der Waals surface area contributed by atoms with E-state index in [9.17, 15) is 9.18 Å². The third-order valence-corrected chi connectivity index (χ3v) is 2.32. The summed E-state index contributed by atoms with van der Waals surface area (Å²) in [7, 11) is 0. The molecule has 0 saturated carbocycles. The van der Waals surface area contributed by atoms with Crippen molar-refractivity contribution in [2.45, 2.75) is 18.5 Å². The molecule has 0 radical (unpaired) electrons. The van der Waals surface area contributed by atoms with Crippen LogP contribution in [0.3, 0.4) is 0 Å². The van der Waals surface area contributed by atoms with E-state index in [1.165, 1.54) is 0 Å². The van der Waals surface area contributed by atoms with Crippen molar-refractivity contribution in [2.24, 2.45) is 0 Å². The number of cyclic esters (lactones) is 1. The lowest BCUT2D eigenvalue weighted by Crippen LogP contribution is -2.26. The highest BCUT2D eigenvalue weighted by molar-refractivity contribution is 5.73. The highest BCUT2D eigenvalue weighted by atomic mass is 19.1. The molecule has 1 atom stereocenters. The van der Waals surface area contributed by atoms with E-state index in [0.717, 1.165) is 5.56 Å². The molecule has 1 heterocycles. The summed E-state index contributed by atoms with van der Waals surface area (Å²) < 4.78 is 18.5. The normalized spacial score (nSPS) is 26.2. The minimum Gasteiger partial charge on any atom is -0.462 e. The number of ether oxygens (including phenoxy) is 1. The van der Waals surface area contributed by atoms with Crippen LogP contribution < -0.4 is 0 Å². The second kappa shape index (κ2) is 3.40. The molecule has 1 saturated heterocycles. The van der Waals surface area contributed by atoms with Crippen LogP contribution >= 0.6 is 0 Å². The zero-order chi connectivity index (χ0) is 10.0. The smallest absolute Gasteiger partial charge is 0.309 e. The molecular formula is C11H11FO2. The second-order valence-corrected chi connectivity index (χ2v) is 3.65. The summed E-state index contributed by atoms with van der Waals surface area (Å²) in [4.78, 5) is 10.8. The van der Waals surface area contributed by atoms with Gasteiger partial charge in [0.25, 0.3) is 0 Å². The zero-order valence-corrected chi connectivity index (χ0v) is 7.70. The summed E-state index contributed by atoms with van der Waals surface area (Å²) in [5.41, 5.74) is -0.605. The van der Waals surface area contributed by atoms with Gasteiger partial charge in [0.1, 0.15) is 6.61 Å². The molecule has 1 fully saturated rings. The first-order valence-electron chi connectivity index (χ1n) is 4.56. The van der Waals surface area contributed by atoms with Crippen molar-refractivity contribution in [3.63, 3.8) is 0 Å². The second-order valence-electron chi connectivity index (χ2n) is 3.65. The molecule has 0 N–H and O–H groups in total. The van der Waals surface area contributed by atoms with E-state index in [2.05, 4.69) is 4.74 Å². The Morgan fingerprint density at radius 3 is 2.64 bits per heavy atom. The van der Waals surface area contributed by atoms with Gasteiger partial charge in [-0.05, 0) is 5.56 Å². The number of rotatable bonds is 2. The van der Waals surface area contributed by atoms with Gasteiger partial charge >= 0.3 is 5.97 Å². The summed E-state index contributed by atoms with van der Waals surface area (Å²) >= 11 is 0. The SMILES string of the molecule is O=C1C[C@](F)(Cc2ccccc2)CO1. The van der Waals surface area contributed by atoms with Gasteiger partial charge in [-0.25, -0.2) is 4.39 Å². The van der Waals surface area contributed by atoms with Gasteiger partial charge in [0.05, 0.1) is 6.42 Å². The van der Waals surface area contributed by atoms with Crippen LogP contribution in [0.1, 0.15) is 12.0 Å². The first-order chi connectivity index (χ1) is 6.68. The fourth-order valence-corrected chi connectivity index (χ4v) is 1.65. The highest BCUT2D eigenvalue weighted by Crippen LogP contribution is 2.28. The van der Waals surface area contributed by atoms with E-state index in [4.69, 9.17) is 0 Å². The Morgan fingerprint density at radius 2 is 2.07 bits per heavy atom. The van der Waals surface area contributed by atoms with Gasteiger partial charge in [-0.15, -0.1) is 0 Å². The third kappa shape index (κ3) is 1.92. The molecule has 0 amide bonds. The van der Waals surface area contributed by atoms with Crippen molar-refractivity contribution in [2.75, 3.05) is 6.61 Å². The molecule has 1 aliphatic rings.